The average molecular weight is 419 g/mol. The van der Waals surface area contributed by atoms with Crippen LogP contribution in [-0.4, -0.2) is 45.2 Å². The van der Waals surface area contributed by atoms with Crippen LogP contribution in [0.1, 0.15) is 20.3 Å². The van der Waals surface area contributed by atoms with Crippen LogP contribution in [0.5, 0.6) is 0 Å². The minimum atomic E-state index is -0.465. The van der Waals surface area contributed by atoms with E-state index in [0.29, 0.717) is 34.2 Å². The van der Waals surface area contributed by atoms with Crippen molar-refractivity contribution in [2.45, 2.75) is 31.5 Å². The van der Waals surface area contributed by atoms with Crippen LogP contribution in [-0.2, 0) is 16.6 Å². The average Bonchev–Trinajstić information content (AvgIpc) is 3.06. The number of hydrogen-bond donors (Lipinski definition) is 2. The highest BCUT2D eigenvalue weighted by atomic mass is 32.2. The molecule has 2 aromatic rings. The van der Waals surface area contributed by atoms with Crippen LogP contribution >= 0.6 is 11.8 Å². The van der Waals surface area contributed by atoms with Crippen LogP contribution in [0.2, 0.25) is 0 Å². The zero-order valence-corrected chi connectivity index (χ0v) is 17.2. The molecule has 29 heavy (non-hydrogen) atoms. The van der Waals surface area contributed by atoms with E-state index >= 15 is 0 Å². The number of esters is 1. The van der Waals surface area contributed by atoms with E-state index in [1.165, 1.54) is 17.8 Å². The van der Waals surface area contributed by atoms with Gasteiger partial charge in [0.15, 0.2) is 11.0 Å². The molecule has 1 aliphatic heterocycles. The summed E-state index contributed by atoms with van der Waals surface area (Å²) >= 11 is 1.29. The Balaban J connectivity index is 1.86. The number of amides is 2. The van der Waals surface area contributed by atoms with E-state index in [2.05, 4.69) is 20.8 Å². The van der Waals surface area contributed by atoms with Gasteiger partial charge in [0.25, 0.3) is 0 Å². The van der Waals surface area contributed by atoms with Gasteiger partial charge in [-0.2, -0.15) is 0 Å². The Morgan fingerprint density at radius 3 is 2.76 bits per heavy atom. The van der Waals surface area contributed by atoms with Crippen LogP contribution in [0, 0.1) is 5.82 Å². The second kappa shape index (κ2) is 9.08. The molecule has 0 fully saturated rings. The zero-order valence-electron chi connectivity index (χ0n) is 16.4. The number of nitrogens with zero attached hydrogens (tertiary/aromatic N) is 3. The number of rotatable bonds is 7. The maximum atomic E-state index is 14.1. The number of carbonyl (C=O) groups excluding carboxylic acids is 2. The molecule has 0 saturated carbocycles. The standard InChI is InChI=1S/C19H22FN5O3S/c1-4-13-15(17(26)28-5-2)14(22-18(27)21-13)10-29-19-24-23-16(25(19)3)11-8-6-7-9-12(11)20/h6-9,13H,4-5,10H2,1-3H3,(H2,21,22,27). The van der Waals surface area contributed by atoms with Crippen molar-refractivity contribution in [3.63, 3.8) is 0 Å². The van der Waals surface area contributed by atoms with Gasteiger partial charge in [-0.05, 0) is 25.5 Å². The van der Waals surface area contributed by atoms with E-state index in [-0.39, 0.29) is 24.2 Å². The van der Waals surface area contributed by atoms with Gasteiger partial charge >= 0.3 is 12.0 Å². The lowest BCUT2D eigenvalue weighted by Crippen LogP contribution is -2.50. The molecule has 1 aromatic carbocycles. The van der Waals surface area contributed by atoms with E-state index in [9.17, 15) is 14.0 Å². The molecule has 2 amide bonds. The van der Waals surface area contributed by atoms with Crippen molar-refractivity contribution in [3.05, 3.63) is 41.4 Å². The molecule has 2 N–H and O–H groups in total. The molecule has 2 heterocycles. The van der Waals surface area contributed by atoms with Gasteiger partial charge in [0.1, 0.15) is 5.82 Å². The molecule has 1 atom stereocenters. The molecule has 0 bridgehead atoms. The third-order valence-corrected chi connectivity index (χ3v) is 5.49. The highest BCUT2D eigenvalue weighted by molar-refractivity contribution is 7.99. The Labute approximate surface area is 171 Å². The fourth-order valence-corrected chi connectivity index (χ4v) is 3.91. The zero-order chi connectivity index (χ0) is 21.0. The highest BCUT2D eigenvalue weighted by Gasteiger charge is 2.31. The first kappa shape index (κ1) is 20.8. The number of halogens is 1. The third kappa shape index (κ3) is 4.42. The van der Waals surface area contributed by atoms with E-state index in [1.807, 2.05) is 6.92 Å². The first-order valence-corrected chi connectivity index (χ1v) is 10.2. The molecule has 8 nitrogen and oxygen atoms in total. The molecule has 10 heteroatoms. The summed E-state index contributed by atoms with van der Waals surface area (Å²) in [6.45, 7) is 3.85. The summed E-state index contributed by atoms with van der Waals surface area (Å²) in [5.74, 6) is -0.178. The fraction of sp³-hybridized carbons (Fsp3) is 0.368. The van der Waals surface area contributed by atoms with Gasteiger partial charge in [-0.25, -0.2) is 14.0 Å². The first-order valence-electron chi connectivity index (χ1n) is 9.21. The summed E-state index contributed by atoms with van der Waals surface area (Å²) in [6.07, 6.45) is 0.553. The van der Waals surface area contributed by atoms with Gasteiger partial charge < -0.3 is 19.9 Å². The van der Waals surface area contributed by atoms with Crippen LogP contribution in [0.15, 0.2) is 40.7 Å². The normalized spacial score (nSPS) is 16.4. The molecule has 1 unspecified atom stereocenters. The van der Waals surface area contributed by atoms with Crippen molar-refractivity contribution >= 4 is 23.8 Å². The van der Waals surface area contributed by atoms with Gasteiger partial charge in [0.05, 0.1) is 23.8 Å². The van der Waals surface area contributed by atoms with Gasteiger partial charge in [-0.1, -0.05) is 30.8 Å². The number of ether oxygens (including phenoxy) is 1. The number of carbonyl (C=O) groups is 2. The summed E-state index contributed by atoms with van der Waals surface area (Å²) < 4.78 is 20.9. The SMILES string of the molecule is CCOC(=O)C1=C(CSc2nnc(-c3ccccc3F)n2C)NC(=O)NC1CC. The van der Waals surface area contributed by atoms with Gasteiger partial charge in [-0.15, -0.1) is 10.2 Å². The number of thioether (sulfide) groups is 1. The molecule has 0 radical (unpaired) electrons. The monoisotopic (exact) mass is 419 g/mol. The van der Waals surface area contributed by atoms with Crippen LogP contribution < -0.4 is 10.6 Å². The van der Waals surface area contributed by atoms with Crippen molar-refractivity contribution in [2.24, 2.45) is 7.05 Å². The Bertz CT molecular complexity index is 959. The molecule has 154 valence electrons. The van der Waals surface area contributed by atoms with Gasteiger partial charge in [0, 0.05) is 18.5 Å². The largest absolute Gasteiger partial charge is 0.463 e. The molecule has 0 saturated heterocycles. The lowest BCUT2D eigenvalue weighted by Gasteiger charge is -2.28. The van der Waals surface area contributed by atoms with Crippen LogP contribution in [0.25, 0.3) is 11.4 Å². The lowest BCUT2D eigenvalue weighted by molar-refractivity contribution is -0.139. The van der Waals surface area contributed by atoms with E-state index in [1.54, 1.807) is 36.7 Å². The molecular weight excluding hydrogens is 397 g/mol. The Morgan fingerprint density at radius 1 is 1.31 bits per heavy atom. The molecule has 0 aliphatic carbocycles. The fourth-order valence-electron chi connectivity index (χ4n) is 3.03. The number of urea groups is 1. The van der Waals surface area contributed by atoms with E-state index in [4.69, 9.17) is 4.74 Å². The predicted octanol–water partition coefficient (Wildman–Crippen LogP) is 2.62. The Kier molecular flexibility index (Phi) is 6.53. The van der Waals surface area contributed by atoms with Crippen molar-refractivity contribution in [1.82, 2.24) is 25.4 Å². The van der Waals surface area contributed by atoms with Crippen LogP contribution in [0.4, 0.5) is 9.18 Å². The second-order valence-electron chi connectivity index (χ2n) is 6.31. The van der Waals surface area contributed by atoms with Crippen molar-refractivity contribution in [2.75, 3.05) is 12.4 Å². The Morgan fingerprint density at radius 2 is 2.07 bits per heavy atom. The van der Waals surface area contributed by atoms with Crippen molar-refractivity contribution in [3.8, 4) is 11.4 Å². The number of nitrogens with one attached hydrogen (secondary N) is 2. The lowest BCUT2D eigenvalue weighted by atomic mass is 10.0. The molecular formula is C19H22FN5O3S. The smallest absolute Gasteiger partial charge is 0.337 e. The topological polar surface area (TPSA) is 98.1 Å². The minimum Gasteiger partial charge on any atom is -0.463 e. The quantitative estimate of drug-likeness (QED) is 0.529. The number of hydrogen-bond acceptors (Lipinski definition) is 6. The van der Waals surface area contributed by atoms with E-state index < -0.39 is 12.0 Å². The summed E-state index contributed by atoms with van der Waals surface area (Å²) in [4.78, 5) is 24.4. The van der Waals surface area contributed by atoms with Crippen LogP contribution in [0.3, 0.4) is 0 Å². The van der Waals surface area contributed by atoms with Crippen molar-refractivity contribution < 1.29 is 18.7 Å². The molecule has 3 rings (SSSR count). The summed E-state index contributed by atoms with van der Waals surface area (Å²) in [6, 6.07) is 5.54. The molecule has 1 aliphatic rings. The molecule has 0 spiro atoms. The first-order chi connectivity index (χ1) is 14.0. The minimum absolute atomic E-state index is 0.239. The summed E-state index contributed by atoms with van der Waals surface area (Å²) in [5.41, 5.74) is 1.22. The summed E-state index contributed by atoms with van der Waals surface area (Å²) in [7, 11) is 1.74. The second-order valence-corrected chi connectivity index (χ2v) is 7.25. The molecule has 1 aromatic heterocycles. The van der Waals surface area contributed by atoms with Crippen molar-refractivity contribution in [1.29, 1.82) is 0 Å². The number of benzene rings is 1. The van der Waals surface area contributed by atoms with Gasteiger partial charge in [0.2, 0.25) is 0 Å². The number of aromatic nitrogens is 3. The summed E-state index contributed by atoms with van der Waals surface area (Å²) in [5, 5.41) is 14.2. The maximum absolute atomic E-state index is 14.1. The predicted molar refractivity (Wildman–Crippen MR) is 107 cm³/mol. The van der Waals surface area contributed by atoms with Gasteiger partial charge in [-0.3, -0.25) is 0 Å². The third-order valence-electron chi connectivity index (χ3n) is 4.44. The maximum Gasteiger partial charge on any atom is 0.337 e. The Hall–Kier alpha value is -2.88. The highest BCUT2D eigenvalue weighted by Crippen LogP contribution is 2.27. The van der Waals surface area contributed by atoms with E-state index in [0.717, 1.165) is 0 Å².